The second-order valence-electron chi connectivity index (χ2n) is 1.49. The molecule has 2 nitrogen and oxygen atoms in total. The van der Waals surface area contributed by atoms with Crippen molar-refractivity contribution in [2.45, 2.75) is 13.8 Å². The SMILES string of the molecule is CC(=[N-])C=[C-]C(C)=O.[Np]. The van der Waals surface area contributed by atoms with Crippen molar-refractivity contribution in [1.82, 2.24) is 0 Å². The Balaban J connectivity index is 0. The number of nitrogens with zero attached hydrogens (tertiary/aromatic N) is 1. The summed E-state index contributed by atoms with van der Waals surface area (Å²) in [6.07, 6.45) is 3.53. The molecule has 0 saturated heterocycles. The van der Waals surface area contributed by atoms with Crippen molar-refractivity contribution in [3.8, 4) is 0 Å². The molecule has 9 heavy (non-hydrogen) atoms. The third-order valence-electron chi connectivity index (χ3n) is 0.484. The first-order valence-corrected chi connectivity index (χ1v) is 2.26. The zero-order valence-corrected chi connectivity index (χ0v) is 9.10. The van der Waals surface area contributed by atoms with Crippen molar-refractivity contribution in [1.29, 1.82) is 0 Å². The van der Waals surface area contributed by atoms with Crippen LogP contribution in [-0.4, -0.2) is 11.5 Å². The average Bonchev–Trinajstić information content (AvgIpc) is 1.61. The van der Waals surface area contributed by atoms with E-state index in [0.29, 0.717) is 0 Å². The topological polar surface area (TPSA) is 39.4 Å². The zero-order chi connectivity index (χ0) is 6.57. The van der Waals surface area contributed by atoms with E-state index < -0.39 is 0 Å². The molecule has 0 fully saturated rings. The van der Waals surface area contributed by atoms with E-state index in [0.717, 1.165) is 0 Å². The fraction of sp³-hybridized carbons (Fsp3) is 0.333. The van der Waals surface area contributed by atoms with Crippen molar-refractivity contribution in [2.75, 3.05) is 0 Å². The van der Waals surface area contributed by atoms with Gasteiger partial charge in [0.05, 0.1) is 5.78 Å². The molecule has 0 heterocycles. The van der Waals surface area contributed by atoms with E-state index in [1.54, 1.807) is 0 Å². The molecule has 0 N–H and O–H groups in total. The van der Waals surface area contributed by atoms with Gasteiger partial charge in [0.1, 0.15) is 0 Å². The number of hydrogen-bond donors (Lipinski definition) is 0. The van der Waals surface area contributed by atoms with Gasteiger partial charge in [-0.1, -0.05) is 0 Å². The molecule has 0 aliphatic heterocycles. The predicted octanol–water partition coefficient (Wildman–Crippen LogP) is 0.965. The van der Waals surface area contributed by atoms with Gasteiger partial charge in [0.2, 0.25) is 0 Å². The number of ketones is 1. The Bertz CT molecular complexity index is 124. The van der Waals surface area contributed by atoms with Crippen LogP contribution in [0.4, 0.5) is 0 Å². The molecule has 0 aromatic carbocycles. The minimum atomic E-state index is -0.182. The minimum Gasteiger partial charge on any atom is -0.908 e. The number of Topliss-reactive ketones (excluding diaryl/α,β-unsaturated/α-hetero) is 1. The molecular weight excluding hydrogens is 339 g/mol. The monoisotopic (exact) mass is 345 g/mol. The van der Waals surface area contributed by atoms with Crippen LogP contribution in [0, 0.1) is 36.0 Å². The maximum atomic E-state index is 10.1. The Morgan fingerprint density at radius 2 is 2.00 bits per heavy atom. The largest absolute Gasteiger partial charge is 0.908 e. The molecule has 0 atom stereocenters. The van der Waals surface area contributed by atoms with Gasteiger partial charge >= 0.3 is 0 Å². The maximum Gasteiger partial charge on any atom is 0.0635 e. The summed E-state index contributed by atoms with van der Waals surface area (Å²) in [6.45, 7) is 2.86. The molecule has 0 amide bonds. The van der Waals surface area contributed by atoms with Crippen molar-refractivity contribution < 1.29 is 34.7 Å². The van der Waals surface area contributed by atoms with Crippen LogP contribution in [0.5, 0.6) is 0 Å². The standard InChI is InChI=1S/C6H7NO.Np/c1-5(7)3-4-6(2)8;/h3H,1-2H3;/q-2;. The third-order valence-corrected chi connectivity index (χ3v) is 0.484. The van der Waals surface area contributed by atoms with E-state index in [1.807, 2.05) is 0 Å². The van der Waals surface area contributed by atoms with Gasteiger partial charge in [-0.25, -0.2) is 6.08 Å². The summed E-state index contributed by atoms with van der Waals surface area (Å²) in [4.78, 5) is 10.1. The molecule has 0 rings (SSSR count). The molecular formula is C6H7NNpO-2. The molecule has 0 spiro atoms. The predicted molar refractivity (Wildman–Crippen MR) is 32.5 cm³/mol. The smallest absolute Gasteiger partial charge is 0.0635 e. The quantitative estimate of drug-likeness (QED) is 0.417. The van der Waals surface area contributed by atoms with E-state index in [-0.39, 0.29) is 41.4 Å². The van der Waals surface area contributed by atoms with Crippen LogP contribution in [0.25, 0.3) is 5.41 Å². The van der Waals surface area contributed by atoms with E-state index >= 15 is 0 Å². The van der Waals surface area contributed by atoms with Crippen LogP contribution in [0.1, 0.15) is 13.8 Å². The molecule has 3 heteroatoms. The summed E-state index contributed by atoms with van der Waals surface area (Å²) < 4.78 is 0. The first-order valence-electron chi connectivity index (χ1n) is 2.26. The molecule has 0 aromatic rings. The summed E-state index contributed by atoms with van der Waals surface area (Å²) >= 11 is 0. The molecule has 49 valence electrons. The minimum absolute atomic E-state index is 0. The molecule has 1 radical (unpaired) electrons. The van der Waals surface area contributed by atoms with Crippen LogP contribution < -0.4 is 0 Å². The van der Waals surface area contributed by atoms with Gasteiger partial charge in [-0.15, -0.1) is 6.92 Å². The van der Waals surface area contributed by atoms with E-state index in [2.05, 4.69) is 6.08 Å². The number of allylic oxidation sites excluding steroid dienone is 2. The summed E-state index contributed by atoms with van der Waals surface area (Å²) in [5.41, 5.74) is 0.0974. The Morgan fingerprint density at radius 1 is 1.56 bits per heavy atom. The fourth-order valence-corrected chi connectivity index (χ4v) is 0.206. The van der Waals surface area contributed by atoms with E-state index in [1.165, 1.54) is 19.9 Å². The molecule has 0 saturated carbocycles. The molecule has 0 bridgehead atoms. The average molecular weight is 346 g/mol. The second-order valence-corrected chi connectivity index (χ2v) is 1.49. The van der Waals surface area contributed by atoms with Crippen molar-refractivity contribution in [3.05, 3.63) is 17.6 Å². The van der Waals surface area contributed by atoms with E-state index in [9.17, 15) is 4.79 Å². The van der Waals surface area contributed by atoms with Gasteiger partial charge in [0.25, 0.3) is 0 Å². The van der Waals surface area contributed by atoms with Crippen molar-refractivity contribution >= 4 is 11.5 Å². The molecule has 0 aliphatic carbocycles. The Kier molecular flexibility index (Phi) is 8.18. The van der Waals surface area contributed by atoms with Gasteiger partial charge in [-0.05, 0) is 6.92 Å². The zero-order valence-electron chi connectivity index (χ0n) is 5.38. The van der Waals surface area contributed by atoms with Crippen molar-refractivity contribution in [2.24, 2.45) is 0 Å². The summed E-state index contributed by atoms with van der Waals surface area (Å²) in [5, 5.41) is 8.45. The number of carbonyl (C=O) groups excluding carboxylic acids is 1. The summed E-state index contributed by atoms with van der Waals surface area (Å²) in [6, 6.07) is 0. The summed E-state index contributed by atoms with van der Waals surface area (Å²) in [5.74, 6) is -0.182. The number of carbonyl (C=O) groups is 1. The maximum absolute atomic E-state index is 10.1. The van der Waals surface area contributed by atoms with Gasteiger partial charge in [-0.2, -0.15) is 0 Å². The van der Waals surface area contributed by atoms with Crippen LogP contribution in [0.2, 0.25) is 0 Å². The van der Waals surface area contributed by atoms with Gasteiger partial charge in [-0.3, -0.25) is 6.08 Å². The van der Waals surface area contributed by atoms with Crippen LogP contribution in [0.15, 0.2) is 6.08 Å². The Morgan fingerprint density at radius 3 is 2.11 bits per heavy atom. The normalized spacial score (nSPS) is 8.67. The first-order chi connectivity index (χ1) is 3.63. The number of rotatable bonds is 2. The van der Waals surface area contributed by atoms with Crippen molar-refractivity contribution in [3.63, 3.8) is 0 Å². The molecule has 0 aliphatic rings. The van der Waals surface area contributed by atoms with Gasteiger partial charge in [0, 0.05) is 29.9 Å². The van der Waals surface area contributed by atoms with Crippen LogP contribution >= 0.6 is 0 Å². The van der Waals surface area contributed by atoms with Gasteiger partial charge < -0.3 is 15.9 Å². The second kappa shape index (κ2) is 6.22. The molecule has 0 aromatic heterocycles. The van der Waals surface area contributed by atoms with E-state index in [4.69, 9.17) is 5.41 Å². The first kappa shape index (κ1) is 11.8. The Hall–Kier alpha value is 0.0930. The van der Waals surface area contributed by atoms with Crippen LogP contribution in [-0.2, 0) is 4.79 Å². The van der Waals surface area contributed by atoms with Crippen LogP contribution in [0.3, 0.4) is 0 Å². The molecule has 0 unspecified atom stereocenters. The Labute approximate surface area is 77.5 Å². The van der Waals surface area contributed by atoms with Gasteiger partial charge in [0.15, 0.2) is 0 Å². The fourth-order valence-electron chi connectivity index (χ4n) is 0.206. The third kappa shape index (κ3) is 11.6. The summed E-state index contributed by atoms with van der Waals surface area (Å²) in [7, 11) is 0. The number of hydrogen-bond acceptors (Lipinski definition) is 1.